The average Bonchev–Trinajstić information content (AvgIpc) is 3.44. The molecule has 1 saturated heterocycles. The highest BCUT2D eigenvalue weighted by Crippen LogP contribution is 2.43. The van der Waals surface area contributed by atoms with Crippen LogP contribution in [0, 0.1) is 0 Å². The maximum atomic E-state index is 13.6. The van der Waals surface area contributed by atoms with Crippen LogP contribution in [0.1, 0.15) is 41.7 Å². The summed E-state index contributed by atoms with van der Waals surface area (Å²) in [6.07, 6.45) is -3.96. The quantitative estimate of drug-likeness (QED) is 0.428. The lowest BCUT2D eigenvalue weighted by Gasteiger charge is -2.42. The molecule has 0 unspecified atom stereocenters. The van der Waals surface area contributed by atoms with Gasteiger partial charge in [0.05, 0.1) is 11.7 Å². The minimum Gasteiger partial charge on any atom is -0.396 e. The van der Waals surface area contributed by atoms with Crippen molar-refractivity contribution < 1.29 is 36.2 Å². The summed E-state index contributed by atoms with van der Waals surface area (Å²) in [5.74, 6) is -1.23. The molecular weight excluding hydrogens is 552 g/mol. The number of nitrogens with zero attached hydrogens (tertiary/aromatic N) is 7. The monoisotopic (exact) mass is 575 g/mol. The number of aliphatic hydroxyl groups is 1. The zero-order chi connectivity index (χ0) is 27.9. The third-order valence-corrected chi connectivity index (χ3v) is 7.70. The Morgan fingerprint density at radius 3 is 2.41 bits per heavy atom. The van der Waals surface area contributed by atoms with E-state index in [-0.39, 0.29) is 61.4 Å². The van der Waals surface area contributed by atoms with Gasteiger partial charge in [0.1, 0.15) is 17.2 Å². The SMILES string of the molecule is O=C(Cn1ccc(C2CC2)n1)N1CCN(c2sc(C(F)(F)F)nc2-c2cnc(C(F)(F)F)nc2)C[C@H]1CCO. The fourth-order valence-electron chi connectivity index (χ4n) is 4.49. The molecule has 210 valence electrons. The third-order valence-electron chi connectivity index (χ3n) is 6.54. The van der Waals surface area contributed by atoms with Crippen molar-refractivity contribution >= 4 is 22.2 Å². The number of thiazole rings is 1. The van der Waals surface area contributed by atoms with Crippen LogP contribution < -0.4 is 4.90 Å². The summed E-state index contributed by atoms with van der Waals surface area (Å²) in [6, 6.07) is 1.35. The first kappa shape index (κ1) is 27.3. The van der Waals surface area contributed by atoms with Gasteiger partial charge in [-0.2, -0.15) is 31.4 Å². The van der Waals surface area contributed by atoms with Crippen molar-refractivity contribution in [1.29, 1.82) is 0 Å². The van der Waals surface area contributed by atoms with Crippen molar-refractivity contribution in [2.24, 2.45) is 0 Å². The molecule has 0 aromatic carbocycles. The summed E-state index contributed by atoms with van der Waals surface area (Å²) in [4.78, 5) is 26.5. The van der Waals surface area contributed by atoms with Gasteiger partial charge in [-0.15, -0.1) is 0 Å². The van der Waals surface area contributed by atoms with E-state index in [4.69, 9.17) is 0 Å². The highest BCUT2D eigenvalue weighted by molar-refractivity contribution is 7.16. The Morgan fingerprint density at radius 2 is 1.79 bits per heavy atom. The number of piperazine rings is 1. The van der Waals surface area contributed by atoms with E-state index in [1.54, 1.807) is 20.7 Å². The van der Waals surface area contributed by atoms with Crippen molar-refractivity contribution in [3.05, 3.63) is 41.2 Å². The number of carbonyl (C=O) groups is 1. The second kappa shape index (κ2) is 10.4. The molecule has 2 fully saturated rings. The van der Waals surface area contributed by atoms with Crippen LogP contribution in [-0.4, -0.2) is 72.9 Å². The lowest BCUT2D eigenvalue weighted by atomic mass is 10.1. The molecule has 5 rings (SSSR count). The topological polar surface area (TPSA) is 100 Å². The zero-order valence-electron chi connectivity index (χ0n) is 20.3. The lowest BCUT2D eigenvalue weighted by Crippen LogP contribution is -2.56. The van der Waals surface area contributed by atoms with E-state index in [2.05, 4.69) is 20.1 Å². The molecule has 0 spiro atoms. The predicted molar refractivity (Wildman–Crippen MR) is 127 cm³/mol. The molecule has 1 amide bonds. The molecule has 16 heteroatoms. The molecule has 3 aromatic heterocycles. The Balaban J connectivity index is 1.38. The first-order chi connectivity index (χ1) is 18.4. The van der Waals surface area contributed by atoms with Gasteiger partial charge in [-0.05, 0) is 25.3 Å². The number of amides is 1. The van der Waals surface area contributed by atoms with Gasteiger partial charge in [0.2, 0.25) is 16.7 Å². The summed E-state index contributed by atoms with van der Waals surface area (Å²) in [5, 5.41) is 13.0. The number of anilines is 1. The number of hydrogen-bond acceptors (Lipinski definition) is 8. The normalized spacial score (nSPS) is 18.6. The molecule has 0 radical (unpaired) electrons. The van der Waals surface area contributed by atoms with Gasteiger partial charge in [-0.3, -0.25) is 9.48 Å². The first-order valence-electron chi connectivity index (χ1n) is 12.1. The number of rotatable bonds is 7. The van der Waals surface area contributed by atoms with Crippen molar-refractivity contribution in [3.8, 4) is 11.3 Å². The van der Waals surface area contributed by atoms with Gasteiger partial charge in [-0.1, -0.05) is 11.3 Å². The number of aliphatic hydroxyl groups excluding tert-OH is 1. The second-order valence-corrected chi connectivity index (χ2v) is 10.4. The van der Waals surface area contributed by atoms with Crippen LogP contribution in [0.25, 0.3) is 11.3 Å². The number of carbonyl (C=O) groups excluding carboxylic acids is 1. The fourth-order valence-corrected chi connectivity index (χ4v) is 5.48. The fraction of sp³-hybridized carbons (Fsp3) is 0.522. The van der Waals surface area contributed by atoms with E-state index in [1.807, 2.05) is 6.07 Å². The lowest BCUT2D eigenvalue weighted by molar-refractivity contribution is -0.145. The maximum absolute atomic E-state index is 13.6. The summed E-state index contributed by atoms with van der Waals surface area (Å²) >= 11 is 0.353. The van der Waals surface area contributed by atoms with E-state index < -0.39 is 29.2 Å². The highest BCUT2D eigenvalue weighted by atomic mass is 32.1. The third kappa shape index (κ3) is 6.00. The average molecular weight is 576 g/mol. The van der Waals surface area contributed by atoms with E-state index in [0.29, 0.717) is 17.3 Å². The van der Waals surface area contributed by atoms with Crippen LogP contribution in [0.3, 0.4) is 0 Å². The molecule has 39 heavy (non-hydrogen) atoms. The molecule has 4 heterocycles. The maximum Gasteiger partial charge on any atom is 0.451 e. The van der Waals surface area contributed by atoms with E-state index in [0.717, 1.165) is 30.9 Å². The van der Waals surface area contributed by atoms with Gasteiger partial charge >= 0.3 is 12.4 Å². The molecule has 1 aliphatic carbocycles. The first-order valence-corrected chi connectivity index (χ1v) is 12.9. The summed E-state index contributed by atoms with van der Waals surface area (Å²) in [6.45, 7) is 0.122. The molecule has 1 saturated carbocycles. The predicted octanol–water partition coefficient (Wildman–Crippen LogP) is 3.81. The standard InChI is InChI=1S/C23H23F6N7O2S/c24-22(25,26)20-30-9-14(10-31-20)18-19(39-21(32-18)23(27,28)29)34-6-7-36(15(11-34)4-8-37)17(38)12-35-5-3-16(33-35)13-1-2-13/h3,5,9-10,13,15,37H,1-2,4,6-8,11-12H2/t15-/m1/s1. The van der Waals surface area contributed by atoms with Crippen LogP contribution in [0.4, 0.5) is 31.3 Å². The van der Waals surface area contributed by atoms with Crippen LogP contribution in [0.5, 0.6) is 0 Å². The number of halogens is 6. The molecule has 9 nitrogen and oxygen atoms in total. The van der Waals surface area contributed by atoms with Crippen molar-refractivity contribution in [2.75, 3.05) is 31.1 Å². The molecule has 3 aromatic rings. The second-order valence-electron chi connectivity index (χ2n) is 9.38. The van der Waals surface area contributed by atoms with Gasteiger partial charge < -0.3 is 14.9 Å². The smallest absolute Gasteiger partial charge is 0.396 e. The molecule has 2 aliphatic rings. The van der Waals surface area contributed by atoms with Gasteiger partial charge in [0.15, 0.2) is 0 Å². The summed E-state index contributed by atoms with van der Waals surface area (Å²) in [7, 11) is 0. The zero-order valence-corrected chi connectivity index (χ0v) is 21.1. The molecule has 1 N–H and O–H groups in total. The van der Waals surface area contributed by atoms with Crippen molar-refractivity contribution in [2.45, 2.75) is 50.1 Å². The minimum absolute atomic E-state index is 0.0123. The van der Waals surface area contributed by atoms with Gasteiger partial charge in [-0.25, -0.2) is 15.0 Å². The largest absolute Gasteiger partial charge is 0.451 e. The Bertz CT molecular complexity index is 1320. The van der Waals surface area contributed by atoms with Gasteiger partial charge in [0.25, 0.3) is 0 Å². The molecular formula is C23H23F6N7O2S. The highest BCUT2D eigenvalue weighted by Gasteiger charge is 2.40. The van der Waals surface area contributed by atoms with E-state index in [1.165, 1.54) is 0 Å². The Hall–Kier alpha value is -3.27. The minimum atomic E-state index is -4.81. The number of alkyl halides is 6. The summed E-state index contributed by atoms with van der Waals surface area (Å²) in [5.41, 5.74) is 0.629. The van der Waals surface area contributed by atoms with Crippen molar-refractivity contribution in [3.63, 3.8) is 0 Å². The Kier molecular flexibility index (Phi) is 7.26. The van der Waals surface area contributed by atoms with Crippen molar-refractivity contribution in [1.82, 2.24) is 29.6 Å². The Morgan fingerprint density at radius 1 is 1.08 bits per heavy atom. The van der Waals surface area contributed by atoms with Crippen LogP contribution in [0.15, 0.2) is 24.7 Å². The molecule has 0 bridgehead atoms. The van der Waals surface area contributed by atoms with Gasteiger partial charge in [0, 0.05) is 56.3 Å². The van der Waals surface area contributed by atoms with E-state index >= 15 is 0 Å². The number of aromatic nitrogens is 5. The molecule has 1 aliphatic heterocycles. The van der Waals surface area contributed by atoms with E-state index in [9.17, 15) is 36.2 Å². The molecule has 1 atom stereocenters. The van der Waals surface area contributed by atoms with Crippen LogP contribution in [-0.2, 0) is 23.7 Å². The van der Waals surface area contributed by atoms with Crippen LogP contribution in [0.2, 0.25) is 0 Å². The van der Waals surface area contributed by atoms with Crippen LogP contribution >= 0.6 is 11.3 Å². The Labute approximate surface area is 222 Å². The number of hydrogen-bond donors (Lipinski definition) is 1. The summed E-state index contributed by atoms with van der Waals surface area (Å²) < 4.78 is 80.9.